The van der Waals surface area contributed by atoms with E-state index in [9.17, 15) is 0 Å². The van der Waals surface area contributed by atoms with E-state index in [-0.39, 0.29) is 0 Å². The minimum atomic E-state index is 0.299. The van der Waals surface area contributed by atoms with Gasteiger partial charge in [0.05, 0.1) is 0 Å². The van der Waals surface area contributed by atoms with Gasteiger partial charge in [-0.1, -0.05) is 19.9 Å². The van der Waals surface area contributed by atoms with Gasteiger partial charge in [-0.05, 0) is 17.5 Å². The third kappa shape index (κ3) is 2.37. The minimum absolute atomic E-state index is 0.299. The molecule has 84 valence electrons. The van der Waals surface area contributed by atoms with Crippen molar-refractivity contribution in [1.29, 1.82) is 5.26 Å². The van der Waals surface area contributed by atoms with Crippen LogP contribution in [0, 0.1) is 11.3 Å². The zero-order chi connectivity index (χ0) is 12.1. The molecule has 1 aromatic heterocycles. The number of nitrogens with zero attached hydrogens (tertiary/aromatic N) is 3. The van der Waals surface area contributed by atoms with E-state index >= 15 is 0 Å². The van der Waals surface area contributed by atoms with Crippen LogP contribution in [0.1, 0.15) is 36.7 Å². The summed E-state index contributed by atoms with van der Waals surface area (Å²) >= 11 is 0. The molecular weight excluding hydrogens is 200 g/mol. The molecule has 16 heavy (non-hydrogen) atoms. The predicted octanol–water partition coefficient (Wildman–Crippen LogP) is 1.67. The van der Waals surface area contributed by atoms with E-state index in [4.69, 9.17) is 5.26 Å². The first-order valence-corrected chi connectivity index (χ1v) is 5.20. The van der Waals surface area contributed by atoms with Crippen LogP contribution in [-0.4, -0.2) is 24.9 Å². The molecule has 1 rings (SSSR count). The van der Waals surface area contributed by atoms with Crippen LogP contribution >= 0.6 is 0 Å². The van der Waals surface area contributed by atoms with E-state index < -0.39 is 0 Å². The smallest absolute Gasteiger partial charge is 0.146 e. The van der Waals surface area contributed by atoms with Gasteiger partial charge in [0, 0.05) is 14.1 Å². The molecule has 0 saturated heterocycles. The van der Waals surface area contributed by atoms with Crippen molar-refractivity contribution in [1.82, 2.24) is 10.3 Å². The number of aliphatic imine (C=N–C) groups is 1. The van der Waals surface area contributed by atoms with E-state index in [0.29, 0.717) is 23.1 Å². The molecule has 4 heteroatoms. The number of hydrogen-bond donors (Lipinski definition) is 1. The van der Waals surface area contributed by atoms with Gasteiger partial charge in [0.2, 0.25) is 0 Å². The lowest BCUT2D eigenvalue weighted by Crippen LogP contribution is -2.21. The quantitative estimate of drug-likeness (QED) is 0.604. The van der Waals surface area contributed by atoms with Crippen LogP contribution in [-0.2, 0) is 0 Å². The summed E-state index contributed by atoms with van der Waals surface area (Å²) in [5.41, 5.74) is 2.15. The molecule has 4 nitrogen and oxygen atoms in total. The summed E-state index contributed by atoms with van der Waals surface area (Å²) in [6.45, 7) is 4.09. The largest absolute Gasteiger partial charge is 0.372 e. The monoisotopic (exact) mass is 216 g/mol. The first-order valence-electron chi connectivity index (χ1n) is 5.20. The van der Waals surface area contributed by atoms with Crippen LogP contribution in [0.4, 0.5) is 0 Å². The SMILES string of the molecule is CN=C(NC)c1ccc(C(C)C)c(C#N)n1. The highest BCUT2D eigenvalue weighted by atomic mass is 15.0. The molecule has 0 fully saturated rings. The number of pyridine rings is 1. The van der Waals surface area contributed by atoms with Crippen molar-refractivity contribution < 1.29 is 0 Å². The first kappa shape index (κ1) is 12.2. The maximum Gasteiger partial charge on any atom is 0.146 e. The molecule has 0 aromatic carbocycles. The lowest BCUT2D eigenvalue weighted by molar-refractivity contribution is 0.850. The summed E-state index contributed by atoms with van der Waals surface area (Å²) in [7, 11) is 3.47. The summed E-state index contributed by atoms with van der Waals surface area (Å²) in [5.74, 6) is 0.986. The van der Waals surface area contributed by atoms with Gasteiger partial charge in [0.25, 0.3) is 0 Å². The van der Waals surface area contributed by atoms with Crippen LogP contribution in [0.2, 0.25) is 0 Å². The summed E-state index contributed by atoms with van der Waals surface area (Å²) in [6.07, 6.45) is 0. The number of amidine groups is 1. The zero-order valence-electron chi connectivity index (χ0n) is 10.1. The third-order valence-electron chi connectivity index (χ3n) is 2.36. The molecule has 1 heterocycles. The molecular formula is C12H16N4. The van der Waals surface area contributed by atoms with Gasteiger partial charge in [-0.25, -0.2) is 4.98 Å². The van der Waals surface area contributed by atoms with E-state index in [1.807, 2.05) is 26.0 Å². The van der Waals surface area contributed by atoms with Gasteiger partial charge >= 0.3 is 0 Å². The molecule has 0 bridgehead atoms. The van der Waals surface area contributed by atoms with Crippen molar-refractivity contribution in [2.75, 3.05) is 14.1 Å². The zero-order valence-corrected chi connectivity index (χ0v) is 10.1. The molecule has 1 N–H and O–H groups in total. The predicted molar refractivity (Wildman–Crippen MR) is 64.6 cm³/mol. The van der Waals surface area contributed by atoms with Gasteiger partial charge in [0.1, 0.15) is 23.3 Å². The van der Waals surface area contributed by atoms with E-state index in [1.165, 1.54) is 0 Å². The standard InChI is InChI=1S/C12H16N4/c1-8(2)9-5-6-10(12(14-3)15-4)16-11(9)7-13/h5-6,8H,1-4H3,(H,14,15). The van der Waals surface area contributed by atoms with Crippen molar-refractivity contribution in [2.24, 2.45) is 4.99 Å². The summed E-state index contributed by atoms with van der Waals surface area (Å²) in [6, 6.07) is 5.95. The normalized spacial score (nSPS) is 11.4. The fourth-order valence-electron chi connectivity index (χ4n) is 1.51. The topological polar surface area (TPSA) is 61.1 Å². The Morgan fingerprint density at radius 3 is 2.62 bits per heavy atom. The summed E-state index contributed by atoms with van der Waals surface area (Å²) in [4.78, 5) is 8.36. The molecule has 0 aliphatic rings. The second-order valence-corrected chi connectivity index (χ2v) is 3.72. The lowest BCUT2D eigenvalue weighted by Gasteiger charge is -2.09. The highest BCUT2D eigenvalue weighted by Crippen LogP contribution is 2.17. The third-order valence-corrected chi connectivity index (χ3v) is 2.36. The van der Waals surface area contributed by atoms with Crippen molar-refractivity contribution in [3.05, 3.63) is 29.1 Å². The Morgan fingerprint density at radius 1 is 1.50 bits per heavy atom. The maximum absolute atomic E-state index is 9.05. The fraction of sp³-hybridized carbons (Fsp3) is 0.417. The second kappa shape index (κ2) is 5.26. The van der Waals surface area contributed by atoms with Gasteiger partial charge in [0.15, 0.2) is 0 Å². The Bertz CT molecular complexity index is 441. The Morgan fingerprint density at radius 2 is 2.19 bits per heavy atom. The maximum atomic E-state index is 9.05. The van der Waals surface area contributed by atoms with Crippen LogP contribution < -0.4 is 5.32 Å². The van der Waals surface area contributed by atoms with Crippen molar-refractivity contribution >= 4 is 5.84 Å². The number of rotatable bonds is 2. The Hall–Kier alpha value is -1.89. The molecule has 0 spiro atoms. The highest BCUT2D eigenvalue weighted by molar-refractivity contribution is 5.96. The number of nitriles is 1. The highest BCUT2D eigenvalue weighted by Gasteiger charge is 2.10. The van der Waals surface area contributed by atoms with Crippen LogP contribution in [0.25, 0.3) is 0 Å². The van der Waals surface area contributed by atoms with Gasteiger partial charge in [-0.2, -0.15) is 5.26 Å². The molecule has 1 aromatic rings. The lowest BCUT2D eigenvalue weighted by atomic mass is 10.0. The van der Waals surface area contributed by atoms with Gasteiger partial charge < -0.3 is 5.32 Å². The van der Waals surface area contributed by atoms with Crippen LogP contribution in [0.3, 0.4) is 0 Å². The first-order chi connectivity index (χ1) is 7.63. The fourth-order valence-corrected chi connectivity index (χ4v) is 1.51. The van der Waals surface area contributed by atoms with Gasteiger partial charge in [-0.15, -0.1) is 0 Å². The van der Waals surface area contributed by atoms with Crippen molar-refractivity contribution in [2.45, 2.75) is 19.8 Å². The Kier molecular flexibility index (Phi) is 4.01. The summed E-state index contributed by atoms with van der Waals surface area (Å²) < 4.78 is 0. The molecule has 0 aliphatic heterocycles. The number of nitrogens with one attached hydrogen (secondary N) is 1. The second-order valence-electron chi connectivity index (χ2n) is 3.72. The Labute approximate surface area is 96.0 Å². The van der Waals surface area contributed by atoms with Crippen LogP contribution in [0.15, 0.2) is 17.1 Å². The van der Waals surface area contributed by atoms with Crippen LogP contribution in [0.5, 0.6) is 0 Å². The van der Waals surface area contributed by atoms with E-state index in [1.54, 1.807) is 14.1 Å². The Balaban J connectivity index is 3.25. The van der Waals surface area contributed by atoms with Gasteiger partial charge in [-0.3, -0.25) is 4.99 Å². The molecule has 0 saturated carbocycles. The average Bonchev–Trinajstić information content (AvgIpc) is 2.30. The van der Waals surface area contributed by atoms with Crippen molar-refractivity contribution in [3.63, 3.8) is 0 Å². The molecule has 0 aliphatic carbocycles. The van der Waals surface area contributed by atoms with E-state index in [2.05, 4.69) is 21.4 Å². The molecule has 0 amide bonds. The van der Waals surface area contributed by atoms with E-state index in [0.717, 1.165) is 5.56 Å². The molecule has 0 unspecified atom stereocenters. The van der Waals surface area contributed by atoms with Crippen molar-refractivity contribution in [3.8, 4) is 6.07 Å². The minimum Gasteiger partial charge on any atom is -0.372 e. The molecule has 0 atom stereocenters. The number of hydrogen-bond acceptors (Lipinski definition) is 3. The average molecular weight is 216 g/mol. The molecule has 0 radical (unpaired) electrons. The summed E-state index contributed by atoms with van der Waals surface area (Å²) in [5, 5.41) is 12.0. The number of aromatic nitrogens is 1.